The van der Waals surface area contributed by atoms with E-state index in [-0.39, 0.29) is 11.8 Å². The van der Waals surface area contributed by atoms with Crippen LogP contribution in [0.2, 0.25) is 0 Å². The van der Waals surface area contributed by atoms with E-state index in [0.29, 0.717) is 25.7 Å². The van der Waals surface area contributed by atoms with Gasteiger partial charge in [-0.3, -0.25) is 14.6 Å². The quantitative estimate of drug-likeness (QED) is 0.693. The Morgan fingerprint density at radius 1 is 1.35 bits per heavy atom. The van der Waals surface area contributed by atoms with Gasteiger partial charge in [0, 0.05) is 52.4 Å². The van der Waals surface area contributed by atoms with Crippen molar-refractivity contribution in [2.45, 2.75) is 32.8 Å². The molecule has 2 aliphatic heterocycles. The summed E-state index contributed by atoms with van der Waals surface area (Å²) >= 11 is 0. The summed E-state index contributed by atoms with van der Waals surface area (Å²) in [5.74, 6) is 0.0318. The fourth-order valence-electron chi connectivity index (χ4n) is 3.28. The summed E-state index contributed by atoms with van der Waals surface area (Å²) in [6, 6.07) is 2.20. The lowest BCUT2D eigenvalue weighted by atomic mass is 10.2. The molecule has 6 heteroatoms. The minimum atomic E-state index is -0.109. The number of carbonyl (C=O) groups excluding carboxylic acids is 1. The third kappa shape index (κ3) is 5.76. The van der Waals surface area contributed by atoms with Crippen LogP contribution in [0.25, 0.3) is 0 Å². The van der Waals surface area contributed by atoms with Crippen LogP contribution < -0.4 is 0 Å². The van der Waals surface area contributed by atoms with E-state index in [1.807, 2.05) is 13.8 Å². The van der Waals surface area contributed by atoms with Gasteiger partial charge in [0.2, 0.25) is 5.91 Å². The number of likely N-dealkylation sites (N-methyl/N-ethyl adjacent to an activating group) is 1. The van der Waals surface area contributed by atoms with Gasteiger partial charge in [-0.15, -0.1) is 0 Å². The Bertz CT molecular complexity index is 409. The molecular formula is C17H30N4O2. The van der Waals surface area contributed by atoms with Gasteiger partial charge in [-0.25, -0.2) is 0 Å². The van der Waals surface area contributed by atoms with Gasteiger partial charge in [-0.1, -0.05) is 0 Å². The number of amides is 1. The molecule has 2 fully saturated rings. The van der Waals surface area contributed by atoms with Crippen molar-refractivity contribution < 1.29 is 9.53 Å². The second kappa shape index (κ2) is 9.21. The average molecular weight is 322 g/mol. The molecule has 2 rings (SSSR count). The standard InChI is InChI=1S/C17H30N4O2/c1-3-21(12-15(2)11-18)17(22)14-20-8-6-19(7-9-20)13-16-5-4-10-23-16/h15-16H,3-10,12-14H2,1-2H3/t15-,16-/m0/s1. The maximum absolute atomic E-state index is 12.4. The van der Waals surface area contributed by atoms with Crippen LogP contribution in [-0.2, 0) is 9.53 Å². The molecule has 0 N–H and O–H groups in total. The Morgan fingerprint density at radius 3 is 2.61 bits per heavy atom. The van der Waals surface area contributed by atoms with Crippen LogP contribution in [0, 0.1) is 17.2 Å². The van der Waals surface area contributed by atoms with Gasteiger partial charge >= 0.3 is 0 Å². The van der Waals surface area contributed by atoms with Gasteiger partial charge in [0.25, 0.3) is 0 Å². The zero-order valence-corrected chi connectivity index (χ0v) is 14.5. The average Bonchev–Trinajstić information content (AvgIpc) is 3.07. The van der Waals surface area contributed by atoms with Crippen molar-refractivity contribution in [2.24, 2.45) is 5.92 Å². The molecule has 1 amide bonds. The fourth-order valence-corrected chi connectivity index (χ4v) is 3.28. The number of carbonyl (C=O) groups is 1. The third-order valence-corrected chi connectivity index (χ3v) is 4.76. The van der Waals surface area contributed by atoms with E-state index < -0.39 is 0 Å². The molecule has 23 heavy (non-hydrogen) atoms. The normalized spacial score (nSPS) is 24.3. The minimum Gasteiger partial charge on any atom is -0.377 e. The summed E-state index contributed by atoms with van der Waals surface area (Å²) in [7, 11) is 0. The summed E-state index contributed by atoms with van der Waals surface area (Å²) < 4.78 is 5.70. The molecule has 0 radical (unpaired) electrons. The number of rotatable bonds is 7. The maximum atomic E-state index is 12.4. The lowest BCUT2D eigenvalue weighted by Crippen LogP contribution is -2.51. The van der Waals surface area contributed by atoms with E-state index in [2.05, 4.69) is 15.9 Å². The van der Waals surface area contributed by atoms with Crippen LogP contribution in [0.5, 0.6) is 0 Å². The van der Waals surface area contributed by atoms with E-state index in [4.69, 9.17) is 10.00 Å². The number of nitriles is 1. The number of nitrogens with zero attached hydrogens (tertiary/aromatic N) is 4. The Hall–Kier alpha value is -1.16. The second-order valence-electron chi connectivity index (χ2n) is 6.67. The molecule has 0 aromatic rings. The lowest BCUT2D eigenvalue weighted by molar-refractivity contribution is -0.133. The molecule has 130 valence electrons. The number of piperazine rings is 1. The van der Waals surface area contributed by atoms with E-state index in [9.17, 15) is 4.79 Å². The summed E-state index contributed by atoms with van der Waals surface area (Å²) in [6.07, 6.45) is 2.78. The predicted octanol–water partition coefficient (Wildman–Crippen LogP) is 0.791. The van der Waals surface area contributed by atoms with Crippen molar-refractivity contribution in [3.63, 3.8) is 0 Å². The van der Waals surface area contributed by atoms with Crippen molar-refractivity contribution >= 4 is 5.91 Å². The highest BCUT2D eigenvalue weighted by Crippen LogP contribution is 2.14. The van der Waals surface area contributed by atoms with Crippen molar-refractivity contribution in [1.82, 2.24) is 14.7 Å². The Kier molecular flexibility index (Phi) is 7.28. The van der Waals surface area contributed by atoms with E-state index in [1.54, 1.807) is 4.90 Å². The Morgan fingerprint density at radius 2 is 2.04 bits per heavy atom. The minimum absolute atomic E-state index is 0.109. The molecular weight excluding hydrogens is 292 g/mol. The summed E-state index contributed by atoms with van der Waals surface area (Å²) in [5.41, 5.74) is 0. The smallest absolute Gasteiger partial charge is 0.236 e. The molecule has 0 aromatic carbocycles. The number of hydrogen-bond donors (Lipinski definition) is 0. The molecule has 0 aliphatic carbocycles. The molecule has 0 unspecified atom stereocenters. The molecule has 2 aliphatic rings. The highest BCUT2D eigenvalue weighted by atomic mass is 16.5. The van der Waals surface area contributed by atoms with E-state index in [1.165, 1.54) is 12.8 Å². The van der Waals surface area contributed by atoms with Gasteiger partial charge in [-0.2, -0.15) is 5.26 Å². The predicted molar refractivity (Wildman–Crippen MR) is 88.9 cm³/mol. The molecule has 0 spiro atoms. The first-order valence-corrected chi connectivity index (χ1v) is 8.86. The van der Waals surface area contributed by atoms with E-state index >= 15 is 0 Å². The Labute approximate surface area is 140 Å². The van der Waals surface area contributed by atoms with Gasteiger partial charge in [0.15, 0.2) is 0 Å². The van der Waals surface area contributed by atoms with Crippen LogP contribution in [0.15, 0.2) is 0 Å². The largest absolute Gasteiger partial charge is 0.377 e. The highest BCUT2D eigenvalue weighted by Gasteiger charge is 2.25. The van der Waals surface area contributed by atoms with Crippen molar-refractivity contribution in [1.29, 1.82) is 5.26 Å². The monoisotopic (exact) mass is 322 g/mol. The van der Waals surface area contributed by atoms with Crippen LogP contribution in [0.4, 0.5) is 0 Å². The first-order valence-electron chi connectivity index (χ1n) is 8.86. The van der Waals surface area contributed by atoms with Crippen LogP contribution in [0.1, 0.15) is 26.7 Å². The summed E-state index contributed by atoms with van der Waals surface area (Å²) in [4.78, 5) is 18.9. The van der Waals surface area contributed by atoms with Crippen molar-refractivity contribution in [3.8, 4) is 6.07 Å². The lowest BCUT2D eigenvalue weighted by Gasteiger charge is -2.36. The van der Waals surface area contributed by atoms with Crippen molar-refractivity contribution in [2.75, 3.05) is 59.0 Å². The van der Waals surface area contributed by atoms with Gasteiger partial charge < -0.3 is 9.64 Å². The van der Waals surface area contributed by atoms with Gasteiger partial charge in [0.1, 0.15) is 0 Å². The SMILES string of the molecule is CCN(C[C@@H](C)C#N)C(=O)CN1CCN(C[C@@H]2CCCO2)CC1. The second-order valence-corrected chi connectivity index (χ2v) is 6.67. The molecule has 6 nitrogen and oxygen atoms in total. The molecule has 0 saturated carbocycles. The van der Waals surface area contributed by atoms with E-state index in [0.717, 1.165) is 39.3 Å². The first-order chi connectivity index (χ1) is 11.1. The zero-order chi connectivity index (χ0) is 16.7. The van der Waals surface area contributed by atoms with Crippen LogP contribution in [-0.4, -0.2) is 85.7 Å². The Balaban J connectivity index is 1.70. The zero-order valence-electron chi connectivity index (χ0n) is 14.5. The summed E-state index contributed by atoms with van der Waals surface area (Å²) in [5, 5.41) is 8.91. The van der Waals surface area contributed by atoms with Gasteiger partial charge in [-0.05, 0) is 26.7 Å². The molecule has 0 aromatic heterocycles. The highest BCUT2D eigenvalue weighted by molar-refractivity contribution is 5.78. The fraction of sp³-hybridized carbons (Fsp3) is 0.882. The molecule has 2 heterocycles. The molecule has 0 bridgehead atoms. The van der Waals surface area contributed by atoms with Gasteiger partial charge in [0.05, 0.1) is 24.6 Å². The maximum Gasteiger partial charge on any atom is 0.236 e. The molecule has 2 saturated heterocycles. The number of ether oxygens (including phenoxy) is 1. The van der Waals surface area contributed by atoms with Crippen LogP contribution in [0.3, 0.4) is 0 Å². The topological polar surface area (TPSA) is 59.8 Å². The van der Waals surface area contributed by atoms with Crippen molar-refractivity contribution in [3.05, 3.63) is 0 Å². The third-order valence-electron chi connectivity index (χ3n) is 4.76. The summed E-state index contributed by atoms with van der Waals surface area (Å²) in [6.45, 7) is 11.3. The van der Waals surface area contributed by atoms with Crippen LogP contribution >= 0.6 is 0 Å². The number of hydrogen-bond acceptors (Lipinski definition) is 5. The molecule has 2 atom stereocenters. The first kappa shape index (κ1) is 18.2.